The van der Waals surface area contributed by atoms with E-state index in [9.17, 15) is 8.78 Å². The van der Waals surface area contributed by atoms with Crippen molar-refractivity contribution < 1.29 is 37.4 Å². The third kappa shape index (κ3) is 6.49. The van der Waals surface area contributed by atoms with Crippen molar-refractivity contribution in [2.75, 3.05) is 11.6 Å². The maximum absolute atomic E-state index is 14.0. The molecule has 0 radical (unpaired) electrons. The molecule has 178 valence electrons. The van der Waals surface area contributed by atoms with Gasteiger partial charge in [-0.2, -0.15) is 5.10 Å². The Morgan fingerprint density at radius 2 is 1.74 bits per heavy atom. The first-order valence-corrected chi connectivity index (χ1v) is 11.8. The van der Waals surface area contributed by atoms with Gasteiger partial charge in [0.25, 0.3) is 0 Å². The Balaban J connectivity index is 0.00000324. The van der Waals surface area contributed by atoms with Gasteiger partial charge in [0.15, 0.2) is 16.8 Å². The molecule has 0 atom stereocenters. The fraction of sp³-hybridized carbons (Fsp3) is 0.136. The van der Waals surface area contributed by atoms with E-state index in [2.05, 4.69) is 20.5 Å². The van der Waals surface area contributed by atoms with Crippen LogP contribution in [0.25, 0.3) is 0 Å². The molecule has 2 aromatic heterocycles. The first-order valence-electron chi connectivity index (χ1n) is 9.81. The molecule has 34 heavy (non-hydrogen) atoms. The van der Waals surface area contributed by atoms with Crippen molar-refractivity contribution >= 4 is 51.8 Å². The van der Waals surface area contributed by atoms with Gasteiger partial charge in [-0.05, 0) is 36.1 Å². The lowest BCUT2D eigenvalue weighted by Gasteiger charge is -2.04. The molecule has 12 heteroatoms. The van der Waals surface area contributed by atoms with Gasteiger partial charge in [-0.25, -0.2) is 18.5 Å². The molecule has 0 spiro atoms. The molecule has 0 aliphatic carbocycles. The van der Waals surface area contributed by atoms with Crippen molar-refractivity contribution in [1.82, 2.24) is 14.9 Å². The second-order valence-corrected chi connectivity index (χ2v) is 8.56. The van der Waals surface area contributed by atoms with Crippen LogP contribution in [0.1, 0.15) is 11.1 Å². The Morgan fingerprint density at radius 1 is 1.09 bits per heavy atom. The van der Waals surface area contributed by atoms with E-state index in [1.165, 1.54) is 28.6 Å². The molecular formula is C22H19Cl2F2IN6S. The minimum absolute atomic E-state index is 0. The number of amidine groups is 1. The monoisotopic (exact) mass is 634 g/mol. The number of hydrogen-bond donors (Lipinski definition) is 2. The number of benzene rings is 2. The van der Waals surface area contributed by atoms with Gasteiger partial charge in [0.2, 0.25) is 6.54 Å². The average molecular weight is 635 g/mol. The van der Waals surface area contributed by atoms with E-state index in [0.29, 0.717) is 38.2 Å². The zero-order valence-electron chi connectivity index (χ0n) is 17.8. The van der Waals surface area contributed by atoms with Crippen LogP contribution in [0.4, 0.5) is 20.4 Å². The largest absolute Gasteiger partial charge is 1.00 e. The Kier molecular flexibility index (Phi) is 9.34. The molecule has 0 aliphatic heterocycles. The van der Waals surface area contributed by atoms with E-state index in [4.69, 9.17) is 23.2 Å². The molecule has 2 aromatic carbocycles. The van der Waals surface area contributed by atoms with Crippen LogP contribution in [0, 0.1) is 11.6 Å². The van der Waals surface area contributed by atoms with Crippen molar-refractivity contribution in [3.63, 3.8) is 0 Å². The number of thioether (sulfide) groups is 1. The number of H-pyrrole nitrogens is 1. The van der Waals surface area contributed by atoms with Crippen molar-refractivity contribution in [3.05, 3.63) is 93.7 Å². The molecule has 4 rings (SSSR count). The van der Waals surface area contributed by atoms with E-state index >= 15 is 0 Å². The lowest BCUT2D eigenvalue weighted by atomic mass is 10.2. The molecule has 0 bridgehead atoms. The Hall–Kier alpha value is -2.15. The van der Waals surface area contributed by atoms with Crippen LogP contribution < -0.4 is 34.0 Å². The zero-order chi connectivity index (χ0) is 23.4. The van der Waals surface area contributed by atoms with Gasteiger partial charge in [0, 0.05) is 11.6 Å². The topological polar surface area (TPSA) is 61.9 Å². The Labute approximate surface area is 226 Å². The van der Waals surface area contributed by atoms with Crippen molar-refractivity contribution in [1.29, 1.82) is 0 Å². The van der Waals surface area contributed by atoms with Gasteiger partial charge in [-0.1, -0.05) is 58.4 Å². The SMILES string of the molecule is CSC(=Nc1cc(Cl)n(Cc2ccccc2F)n1)Nc1cc(Cl)[n+](Cc2ccccc2F)[nH]1.[I-]. The summed E-state index contributed by atoms with van der Waals surface area (Å²) < 4.78 is 31.0. The van der Waals surface area contributed by atoms with Gasteiger partial charge in [-0.15, -0.1) is 5.10 Å². The maximum Gasteiger partial charge on any atom is 0.302 e. The zero-order valence-corrected chi connectivity index (χ0v) is 22.3. The summed E-state index contributed by atoms with van der Waals surface area (Å²) in [7, 11) is 0. The van der Waals surface area contributed by atoms with Crippen LogP contribution in [0.3, 0.4) is 0 Å². The number of nitrogens with one attached hydrogen (secondary N) is 2. The molecule has 4 aromatic rings. The number of aliphatic imine (C=N–C) groups is 1. The molecular weight excluding hydrogens is 616 g/mol. The molecule has 0 saturated carbocycles. The summed E-state index contributed by atoms with van der Waals surface area (Å²) in [6.45, 7) is 0.431. The number of nitrogens with zero attached hydrogens (tertiary/aromatic N) is 4. The maximum atomic E-state index is 14.0. The predicted octanol–water partition coefficient (Wildman–Crippen LogP) is 2.65. The van der Waals surface area contributed by atoms with E-state index in [-0.39, 0.29) is 48.7 Å². The van der Waals surface area contributed by atoms with Gasteiger partial charge in [0.1, 0.15) is 16.8 Å². The highest BCUT2D eigenvalue weighted by atomic mass is 127. The fourth-order valence-corrected chi connectivity index (χ4v) is 3.89. The number of anilines is 1. The first-order chi connectivity index (χ1) is 15.9. The van der Waals surface area contributed by atoms with E-state index in [0.717, 1.165) is 0 Å². The Bertz CT molecular complexity index is 1310. The second-order valence-electron chi connectivity index (χ2n) is 6.99. The third-order valence-corrected chi connectivity index (χ3v) is 5.91. The first kappa shape index (κ1) is 26.5. The summed E-state index contributed by atoms with van der Waals surface area (Å²) >= 11 is 13.9. The summed E-state index contributed by atoms with van der Waals surface area (Å²) in [5.74, 6) is 0.304. The van der Waals surface area contributed by atoms with E-state index < -0.39 is 0 Å². The van der Waals surface area contributed by atoms with E-state index in [1.807, 2.05) is 6.26 Å². The third-order valence-electron chi connectivity index (χ3n) is 4.71. The number of rotatable bonds is 6. The molecule has 0 unspecified atom stereocenters. The summed E-state index contributed by atoms with van der Waals surface area (Å²) in [6.07, 6.45) is 1.85. The molecule has 2 N–H and O–H groups in total. The summed E-state index contributed by atoms with van der Waals surface area (Å²) in [5, 5.41) is 11.8. The normalized spacial score (nSPS) is 11.4. The van der Waals surface area contributed by atoms with Crippen molar-refractivity contribution in [3.8, 4) is 0 Å². The van der Waals surface area contributed by atoms with Gasteiger partial charge < -0.3 is 29.3 Å². The molecule has 0 aliphatic rings. The van der Waals surface area contributed by atoms with Gasteiger partial charge >= 0.3 is 5.15 Å². The fourth-order valence-electron chi connectivity index (χ4n) is 3.08. The second kappa shape index (κ2) is 12.0. The molecule has 2 heterocycles. The van der Waals surface area contributed by atoms with Gasteiger partial charge in [0.05, 0.1) is 18.2 Å². The van der Waals surface area contributed by atoms with Gasteiger partial charge in [-0.3, -0.25) is 0 Å². The number of halogens is 5. The highest BCUT2D eigenvalue weighted by molar-refractivity contribution is 8.13. The highest BCUT2D eigenvalue weighted by Gasteiger charge is 2.18. The smallest absolute Gasteiger partial charge is 0.302 e. The molecule has 0 amide bonds. The minimum Gasteiger partial charge on any atom is -1.00 e. The van der Waals surface area contributed by atoms with Crippen molar-refractivity contribution in [2.24, 2.45) is 4.99 Å². The molecule has 6 nitrogen and oxygen atoms in total. The predicted molar refractivity (Wildman–Crippen MR) is 128 cm³/mol. The Morgan fingerprint density at radius 3 is 2.38 bits per heavy atom. The minimum atomic E-state index is -0.326. The average Bonchev–Trinajstić information content (AvgIpc) is 3.31. The van der Waals surface area contributed by atoms with Crippen molar-refractivity contribution in [2.45, 2.75) is 13.1 Å². The number of aromatic nitrogens is 4. The number of aromatic amines is 1. The van der Waals surface area contributed by atoms with Crippen LogP contribution in [-0.4, -0.2) is 26.3 Å². The molecule has 0 saturated heterocycles. The van der Waals surface area contributed by atoms with Crippen LogP contribution in [-0.2, 0) is 13.1 Å². The van der Waals surface area contributed by atoms with Crippen LogP contribution in [0.5, 0.6) is 0 Å². The quantitative estimate of drug-likeness (QED) is 0.148. The summed E-state index contributed by atoms with van der Waals surface area (Å²) in [5.41, 5.74) is 0.980. The standard InChI is InChI=1S/C22H18Cl2F2N6S.HI/c1-33-22(27-20-10-18(23)31(29-20)12-14-6-2-4-8-16(14)25)28-21-11-19(24)32(30-21)13-15-7-3-5-9-17(15)26;/h2-11H,12-13H2,1H3,(H,27,28,29,30);1H. The van der Waals surface area contributed by atoms with Crippen LogP contribution in [0.15, 0.2) is 65.7 Å². The summed E-state index contributed by atoms with van der Waals surface area (Å²) in [6, 6.07) is 16.2. The lowest BCUT2D eigenvalue weighted by Crippen LogP contribution is -3.00. The van der Waals surface area contributed by atoms with Crippen LogP contribution in [0.2, 0.25) is 10.3 Å². The summed E-state index contributed by atoms with van der Waals surface area (Å²) in [4.78, 5) is 4.48. The van der Waals surface area contributed by atoms with E-state index in [1.54, 1.807) is 53.2 Å². The number of hydrogen-bond acceptors (Lipinski definition) is 3. The van der Waals surface area contributed by atoms with Crippen LogP contribution >= 0.6 is 35.0 Å². The molecule has 0 fully saturated rings. The highest BCUT2D eigenvalue weighted by Crippen LogP contribution is 2.22. The lowest BCUT2D eigenvalue weighted by molar-refractivity contribution is -0.739.